The molecule has 0 saturated heterocycles. The van der Waals surface area contributed by atoms with Gasteiger partial charge in [-0.25, -0.2) is 8.42 Å². The number of aryl methyl sites for hydroxylation is 1. The average molecular weight is 376 g/mol. The lowest BCUT2D eigenvalue weighted by atomic mass is 9.97. The van der Waals surface area contributed by atoms with E-state index in [-0.39, 0.29) is 11.8 Å². The highest BCUT2D eigenvalue weighted by Crippen LogP contribution is 2.29. The molecule has 1 N–H and O–H groups in total. The second kappa shape index (κ2) is 6.79. The summed E-state index contributed by atoms with van der Waals surface area (Å²) in [7, 11) is -3.34. The van der Waals surface area contributed by atoms with Crippen LogP contribution in [0.5, 0.6) is 0 Å². The van der Waals surface area contributed by atoms with E-state index in [1.165, 1.54) is 0 Å². The smallest absolute Gasteiger partial charge is 0.257 e. The van der Waals surface area contributed by atoms with Gasteiger partial charge in [0.2, 0.25) is 10.0 Å². The van der Waals surface area contributed by atoms with Crippen LogP contribution in [-0.4, -0.2) is 32.0 Å². The van der Waals surface area contributed by atoms with Gasteiger partial charge in [0.25, 0.3) is 5.91 Å². The number of furan rings is 1. The van der Waals surface area contributed by atoms with Gasteiger partial charge in [-0.15, -0.1) is 0 Å². The molecule has 7 heteroatoms. The fraction of sp³-hybridized carbons (Fsp3) is 0.421. The number of fused-ring (bicyclic) bond motifs is 1. The predicted octanol–water partition coefficient (Wildman–Crippen LogP) is 3.28. The number of carbonyl (C=O) groups excluding carboxylic acids is 1. The van der Waals surface area contributed by atoms with E-state index in [0.29, 0.717) is 36.5 Å². The molecule has 3 rings (SSSR count). The van der Waals surface area contributed by atoms with E-state index in [0.717, 1.165) is 23.1 Å². The first-order valence-electron chi connectivity index (χ1n) is 8.64. The van der Waals surface area contributed by atoms with Gasteiger partial charge in [-0.3, -0.25) is 9.52 Å². The molecular formula is C19H24N2O4S. The first-order valence-corrected chi connectivity index (χ1v) is 10.5. The van der Waals surface area contributed by atoms with Crippen LogP contribution < -0.4 is 4.72 Å². The van der Waals surface area contributed by atoms with Crippen LogP contribution in [0.15, 0.2) is 28.7 Å². The van der Waals surface area contributed by atoms with Gasteiger partial charge >= 0.3 is 0 Å². The number of amides is 1. The van der Waals surface area contributed by atoms with Gasteiger partial charge in [-0.2, -0.15) is 0 Å². The van der Waals surface area contributed by atoms with E-state index < -0.39 is 10.0 Å². The van der Waals surface area contributed by atoms with E-state index in [4.69, 9.17) is 4.42 Å². The first kappa shape index (κ1) is 18.5. The molecule has 2 heterocycles. The number of anilines is 1. The minimum Gasteiger partial charge on any atom is -0.465 e. The van der Waals surface area contributed by atoms with E-state index in [1.807, 2.05) is 32.9 Å². The lowest BCUT2D eigenvalue weighted by molar-refractivity contribution is 0.0733. The highest BCUT2D eigenvalue weighted by molar-refractivity contribution is 7.92. The van der Waals surface area contributed by atoms with Gasteiger partial charge in [0.05, 0.1) is 17.5 Å². The van der Waals surface area contributed by atoms with Crippen LogP contribution >= 0.6 is 0 Å². The average Bonchev–Trinajstić information content (AvgIpc) is 2.95. The number of sulfonamides is 1. The number of carbonyl (C=O) groups is 1. The molecule has 0 radical (unpaired) electrons. The van der Waals surface area contributed by atoms with Gasteiger partial charge in [0, 0.05) is 19.0 Å². The second-order valence-electron chi connectivity index (χ2n) is 7.07. The van der Waals surface area contributed by atoms with E-state index in [1.54, 1.807) is 17.0 Å². The van der Waals surface area contributed by atoms with Gasteiger partial charge in [-0.05, 0) is 36.6 Å². The molecular weight excluding hydrogens is 352 g/mol. The van der Waals surface area contributed by atoms with Crippen molar-refractivity contribution in [1.29, 1.82) is 0 Å². The summed E-state index contributed by atoms with van der Waals surface area (Å²) < 4.78 is 31.4. The first-order chi connectivity index (χ1) is 12.2. The Bertz CT molecular complexity index is 944. The molecule has 0 fully saturated rings. The summed E-state index contributed by atoms with van der Waals surface area (Å²) in [5.41, 5.74) is 3.11. The second-order valence-corrected chi connectivity index (χ2v) is 8.82. The molecule has 6 nitrogen and oxygen atoms in total. The maximum Gasteiger partial charge on any atom is 0.257 e. The van der Waals surface area contributed by atoms with Crippen molar-refractivity contribution in [2.24, 2.45) is 0 Å². The monoisotopic (exact) mass is 376 g/mol. The van der Waals surface area contributed by atoms with Crippen molar-refractivity contribution in [2.75, 3.05) is 17.5 Å². The molecule has 1 aromatic heterocycles. The number of nitrogens with zero attached hydrogens (tertiary/aromatic N) is 1. The Morgan fingerprint density at radius 1 is 1.31 bits per heavy atom. The Hall–Kier alpha value is -2.28. The Labute approximate surface area is 154 Å². The highest BCUT2D eigenvalue weighted by atomic mass is 32.2. The van der Waals surface area contributed by atoms with Crippen LogP contribution in [-0.2, 0) is 23.0 Å². The maximum atomic E-state index is 12.9. The topological polar surface area (TPSA) is 79.6 Å². The zero-order chi connectivity index (χ0) is 19.1. The fourth-order valence-electron chi connectivity index (χ4n) is 3.25. The number of nitrogens with one attached hydrogen (secondary N) is 1. The Morgan fingerprint density at radius 3 is 2.65 bits per heavy atom. The Kier molecular flexibility index (Phi) is 4.84. The predicted molar refractivity (Wildman–Crippen MR) is 101 cm³/mol. The van der Waals surface area contributed by atoms with Crippen LogP contribution in [0.25, 0.3) is 0 Å². The standard InChI is InChI=1S/C19H24N2O4S/c1-12(2)18-10-16(13(3)25-18)19(22)21-9-8-15-14(11-21)6-5-7-17(15)20-26(4,23)24/h5-7,10,12,20H,8-9,11H2,1-4H3. The minimum atomic E-state index is -3.34. The molecule has 0 atom stereocenters. The van der Waals surface area contributed by atoms with Gasteiger partial charge in [-0.1, -0.05) is 26.0 Å². The van der Waals surface area contributed by atoms with Crippen molar-refractivity contribution in [3.8, 4) is 0 Å². The molecule has 0 unspecified atom stereocenters. The number of rotatable bonds is 4. The van der Waals surface area contributed by atoms with Crippen molar-refractivity contribution in [3.63, 3.8) is 0 Å². The number of hydrogen-bond acceptors (Lipinski definition) is 4. The summed E-state index contributed by atoms with van der Waals surface area (Å²) >= 11 is 0. The molecule has 0 spiro atoms. The van der Waals surface area contributed by atoms with Crippen LogP contribution in [0, 0.1) is 6.92 Å². The van der Waals surface area contributed by atoms with E-state index >= 15 is 0 Å². The molecule has 0 saturated carbocycles. The van der Waals surface area contributed by atoms with E-state index in [2.05, 4.69) is 4.72 Å². The SMILES string of the molecule is Cc1oc(C(C)C)cc1C(=O)N1CCc2c(cccc2NS(C)(=O)=O)C1. The number of benzene rings is 1. The van der Waals surface area contributed by atoms with Crippen LogP contribution in [0.1, 0.15) is 52.8 Å². The molecule has 0 bridgehead atoms. The van der Waals surface area contributed by atoms with Gasteiger partial charge in [0.1, 0.15) is 11.5 Å². The molecule has 2 aromatic rings. The van der Waals surface area contributed by atoms with Crippen molar-refractivity contribution in [2.45, 2.75) is 39.7 Å². The van der Waals surface area contributed by atoms with Crippen molar-refractivity contribution in [1.82, 2.24) is 4.90 Å². The van der Waals surface area contributed by atoms with Crippen LogP contribution in [0.3, 0.4) is 0 Å². The molecule has 1 aliphatic heterocycles. The molecule has 1 aliphatic rings. The summed E-state index contributed by atoms with van der Waals surface area (Å²) in [6.45, 7) is 6.86. The third kappa shape index (κ3) is 3.77. The van der Waals surface area contributed by atoms with Gasteiger partial charge < -0.3 is 9.32 Å². The van der Waals surface area contributed by atoms with Crippen LogP contribution in [0.2, 0.25) is 0 Å². The quantitative estimate of drug-likeness (QED) is 0.888. The maximum absolute atomic E-state index is 12.9. The number of hydrogen-bond donors (Lipinski definition) is 1. The molecule has 1 aromatic carbocycles. The fourth-order valence-corrected chi connectivity index (χ4v) is 3.84. The normalized spacial score (nSPS) is 14.4. The summed E-state index contributed by atoms with van der Waals surface area (Å²) in [5, 5.41) is 0. The Balaban J connectivity index is 1.85. The molecule has 0 aliphatic carbocycles. The Morgan fingerprint density at radius 2 is 2.04 bits per heavy atom. The zero-order valence-electron chi connectivity index (χ0n) is 15.5. The third-order valence-corrected chi connectivity index (χ3v) is 5.18. The van der Waals surface area contributed by atoms with Crippen molar-refractivity contribution in [3.05, 3.63) is 52.5 Å². The molecule has 1 amide bonds. The lowest BCUT2D eigenvalue weighted by Gasteiger charge is -2.30. The summed E-state index contributed by atoms with van der Waals surface area (Å²) in [6, 6.07) is 7.33. The largest absolute Gasteiger partial charge is 0.465 e. The minimum absolute atomic E-state index is 0.0507. The van der Waals surface area contributed by atoms with Gasteiger partial charge in [0.15, 0.2) is 0 Å². The summed E-state index contributed by atoms with van der Waals surface area (Å²) in [6.07, 6.45) is 1.74. The zero-order valence-corrected chi connectivity index (χ0v) is 16.3. The summed E-state index contributed by atoms with van der Waals surface area (Å²) in [4.78, 5) is 14.7. The van der Waals surface area contributed by atoms with Crippen molar-refractivity contribution < 1.29 is 17.6 Å². The lowest BCUT2D eigenvalue weighted by Crippen LogP contribution is -2.36. The molecule has 26 heavy (non-hydrogen) atoms. The molecule has 140 valence electrons. The van der Waals surface area contributed by atoms with Crippen molar-refractivity contribution >= 4 is 21.6 Å². The third-order valence-electron chi connectivity index (χ3n) is 4.58. The van der Waals surface area contributed by atoms with Crippen LogP contribution in [0.4, 0.5) is 5.69 Å². The van der Waals surface area contributed by atoms with E-state index in [9.17, 15) is 13.2 Å². The highest BCUT2D eigenvalue weighted by Gasteiger charge is 2.26. The summed E-state index contributed by atoms with van der Waals surface area (Å²) in [5.74, 6) is 1.62.